The van der Waals surface area contributed by atoms with Gasteiger partial charge in [0.25, 0.3) is 0 Å². The van der Waals surface area contributed by atoms with E-state index >= 15 is 0 Å². The summed E-state index contributed by atoms with van der Waals surface area (Å²) in [5, 5.41) is 7.15. The fourth-order valence-electron chi connectivity index (χ4n) is 2.74. The Morgan fingerprint density at radius 2 is 2.21 bits per heavy atom. The third-order valence-electron chi connectivity index (χ3n) is 4.44. The first-order chi connectivity index (χ1) is 11.7. The number of rotatable bonds is 9. The fraction of sp³-hybridized carbons (Fsp3) is 0.526. The number of halogens is 1. The lowest BCUT2D eigenvalue weighted by Crippen LogP contribution is -2.19. The lowest BCUT2D eigenvalue weighted by molar-refractivity contribution is 0.285. The number of nitrogens with zero attached hydrogens (tertiary/aromatic N) is 2. The Kier molecular flexibility index (Phi) is 5.51. The highest BCUT2D eigenvalue weighted by Gasteiger charge is 2.22. The van der Waals surface area contributed by atoms with E-state index in [1.54, 1.807) is 6.07 Å². The zero-order valence-corrected chi connectivity index (χ0v) is 14.5. The lowest BCUT2D eigenvalue weighted by atomic mass is 10.1. The number of hydrogen-bond donors (Lipinski definition) is 1. The van der Waals surface area contributed by atoms with Crippen LogP contribution in [-0.4, -0.2) is 35.3 Å². The lowest BCUT2D eigenvalue weighted by Gasteiger charge is -2.16. The summed E-state index contributed by atoms with van der Waals surface area (Å²) in [5.41, 5.74) is 2.77. The predicted molar refractivity (Wildman–Crippen MR) is 93.4 cm³/mol. The third kappa shape index (κ3) is 4.35. The molecule has 1 aliphatic rings. The molecule has 0 bridgehead atoms. The van der Waals surface area contributed by atoms with Gasteiger partial charge in [-0.25, -0.2) is 4.39 Å². The number of aromatic amines is 1. The van der Waals surface area contributed by atoms with Gasteiger partial charge in [0.05, 0.1) is 18.5 Å². The minimum atomic E-state index is -0.312. The van der Waals surface area contributed by atoms with Crippen LogP contribution in [0.4, 0.5) is 4.39 Å². The van der Waals surface area contributed by atoms with Gasteiger partial charge in [-0.2, -0.15) is 5.10 Å². The van der Waals surface area contributed by atoms with Crippen LogP contribution in [0.5, 0.6) is 5.75 Å². The molecule has 1 aromatic carbocycles. The van der Waals surface area contributed by atoms with Crippen LogP contribution < -0.4 is 4.74 Å². The van der Waals surface area contributed by atoms with Crippen LogP contribution in [0.3, 0.4) is 0 Å². The monoisotopic (exact) mass is 331 g/mol. The van der Waals surface area contributed by atoms with Gasteiger partial charge in [-0.05, 0) is 57.0 Å². The summed E-state index contributed by atoms with van der Waals surface area (Å²) in [6, 6.07) is 5.15. The second-order valence-corrected chi connectivity index (χ2v) is 6.76. The maximum absolute atomic E-state index is 14.3. The summed E-state index contributed by atoms with van der Waals surface area (Å²) in [6.07, 6.45) is 6.57. The van der Waals surface area contributed by atoms with E-state index in [0.717, 1.165) is 29.9 Å². The van der Waals surface area contributed by atoms with Crippen LogP contribution in [0.1, 0.15) is 38.2 Å². The average Bonchev–Trinajstić information content (AvgIpc) is 3.29. The molecular weight excluding hydrogens is 305 g/mol. The van der Waals surface area contributed by atoms with Crippen LogP contribution in [0.15, 0.2) is 24.4 Å². The molecule has 0 unspecified atom stereocenters. The van der Waals surface area contributed by atoms with Gasteiger partial charge in [-0.3, -0.25) is 5.10 Å². The summed E-state index contributed by atoms with van der Waals surface area (Å²) in [7, 11) is 2.10. The van der Waals surface area contributed by atoms with E-state index in [9.17, 15) is 4.39 Å². The van der Waals surface area contributed by atoms with E-state index in [0.29, 0.717) is 18.3 Å². The molecule has 1 fully saturated rings. The molecule has 130 valence electrons. The number of benzene rings is 1. The Hall–Kier alpha value is -1.88. The Bertz CT molecular complexity index is 666. The van der Waals surface area contributed by atoms with Gasteiger partial charge in [-0.15, -0.1) is 0 Å². The minimum absolute atomic E-state index is 0.312. The second kappa shape index (κ2) is 7.79. The molecule has 1 N–H and O–H groups in total. The third-order valence-corrected chi connectivity index (χ3v) is 4.44. The van der Waals surface area contributed by atoms with Crippen LogP contribution in [0, 0.1) is 11.7 Å². The van der Waals surface area contributed by atoms with Crippen molar-refractivity contribution in [3.05, 3.63) is 35.8 Å². The van der Waals surface area contributed by atoms with Crippen molar-refractivity contribution in [2.24, 2.45) is 5.92 Å². The standard InChI is InChI=1S/C19H26FN3O/c1-3-4-9-23(2)12-16-11-21-22-19(16)15-7-8-18(17(20)10-15)24-13-14-5-6-14/h7-8,10-11,14H,3-6,9,12-13H2,1-2H3,(H,21,22). The first-order valence-electron chi connectivity index (χ1n) is 8.81. The van der Waals surface area contributed by atoms with Gasteiger partial charge < -0.3 is 9.64 Å². The van der Waals surface area contributed by atoms with Crippen molar-refractivity contribution in [3.8, 4) is 17.0 Å². The van der Waals surface area contributed by atoms with Crippen LogP contribution >= 0.6 is 0 Å². The van der Waals surface area contributed by atoms with Crippen molar-refractivity contribution < 1.29 is 9.13 Å². The quantitative estimate of drug-likeness (QED) is 0.747. The van der Waals surface area contributed by atoms with Crippen molar-refractivity contribution in [3.63, 3.8) is 0 Å². The van der Waals surface area contributed by atoms with Crippen molar-refractivity contribution in [2.45, 2.75) is 39.2 Å². The van der Waals surface area contributed by atoms with Crippen LogP contribution in [-0.2, 0) is 6.54 Å². The van der Waals surface area contributed by atoms with E-state index in [-0.39, 0.29) is 5.82 Å². The molecule has 0 spiro atoms. The molecule has 0 aliphatic heterocycles. The Balaban J connectivity index is 1.69. The van der Waals surface area contributed by atoms with Crippen LogP contribution in [0.2, 0.25) is 0 Å². The molecule has 4 nitrogen and oxygen atoms in total. The highest BCUT2D eigenvalue weighted by Crippen LogP contribution is 2.31. The Labute approximate surface area is 143 Å². The molecule has 1 heterocycles. The second-order valence-electron chi connectivity index (χ2n) is 6.76. The normalized spacial score (nSPS) is 14.3. The molecule has 0 radical (unpaired) electrons. The molecule has 1 aliphatic carbocycles. The van der Waals surface area contributed by atoms with E-state index in [1.807, 2.05) is 12.3 Å². The summed E-state index contributed by atoms with van der Waals surface area (Å²) in [4.78, 5) is 2.27. The molecule has 24 heavy (non-hydrogen) atoms. The van der Waals surface area contributed by atoms with Gasteiger partial charge in [-0.1, -0.05) is 13.3 Å². The smallest absolute Gasteiger partial charge is 0.165 e. The van der Waals surface area contributed by atoms with Crippen molar-refractivity contribution >= 4 is 0 Å². The number of unbranched alkanes of at least 4 members (excludes halogenated alkanes) is 1. The minimum Gasteiger partial charge on any atom is -0.490 e. The molecule has 0 atom stereocenters. The maximum atomic E-state index is 14.3. The first-order valence-corrected chi connectivity index (χ1v) is 8.81. The summed E-state index contributed by atoms with van der Waals surface area (Å²) in [5.74, 6) is 0.641. The molecular formula is C19H26FN3O. The van der Waals surface area contributed by atoms with Gasteiger partial charge in [0.2, 0.25) is 0 Å². The molecule has 2 aromatic rings. The summed E-state index contributed by atoms with van der Waals surface area (Å²) in [6.45, 7) is 4.65. The largest absolute Gasteiger partial charge is 0.490 e. The maximum Gasteiger partial charge on any atom is 0.165 e. The zero-order chi connectivity index (χ0) is 16.9. The topological polar surface area (TPSA) is 41.2 Å². The highest BCUT2D eigenvalue weighted by molar-refractivity contribution is 5.63. The van der Waals surface area contributed by atoms with Crippen LogP contribution in [0.25, 0.3) is 11.3 Å². The van der Waals surface area contributed by atoms with Gasteiger partial charge in [0, 0.05) is 17.7 Å². The molecule has 0 saturated heterocycles. The predicted octanol–water partition coefficient (Wildman–Crippen LogP) is 4.24. The molecule has 3 rings (SSSR count). The number of hydrogen-bond acceptors (Lipinski definition) is 3. The molecule has 1 saturated carbocycles. The number of nitrogens with one attached hydrogen (secondary N) is 1. The zero-order valence-electron chi connectivity index (χ0n) is 14.5. The fourth-order valence-corrected chi connectivity index (χ4v) is 2.74. The van der Waals surface area contributed by atoms with E-state index in [1.165, 1.54) is 31.7 Å². The SMILES string of the molecule is CCCCN(C)Cc1cn[nH]c1-c1ccc(OCC2CC2)c(F)c1. The number of H-pyrrole nitrogens is 1. The van der Waals surface area contributed by atoms with Crippen molar-refractivity contribution in [1.29, 1.82) is 0 Å². The molecule has 5 heteroatoms. The van der Waals surface area contributed by atoms with Gasteiger partial charge >= 0.3 is 0 Å². The first kappa shape index (κ1) is 17.0. The van der Waals surface area contributed by atoms with E-state index in [4.69, 9.17) is 4.74 Å². The van der Waals surface area contributed by atoms with E-state index in [2.05, 4.69) is 29.1 Å². The van der Waals surface area contributed by atoms with Gasteiger partial charge in [0.1, 0.15) is 0 Å². The van der Waals surface area contributed by atoms with Gasteiger partial charge in [0.15, 0.2) is 11.6 Å². The number of aromatic nitrogens is 2. The summed E-state index contributed by atoms with van der Waals surface area (Å²) >= 11 is 0. The van der Waals surface area contributed by atoms with Crippen molar-refractivity contribution in [1.82, 2.24) is 15.1 Å². The van der Waals surface area contributed by atoms with Crippen molar-refractivity contribution in [2.75, 3.05) is 20.2 Å². The average molecular weight is 331 g/mol. The Morgan fingerprint density at radius 1 is 1.38 bits per heavy atom. The molecule has 0 amide bonds. The Morgan fingerprint density at radius 3 is 2.92 bits per heavy atom. The van der Waals surface area contributed by atoms with E-state index < -0.39 is 0 Å². The highest BCUT2D eigenvalue weighted by atomic mass is 19.1. The number of ether oxygens (including phenoxy) is 1. The molecule has 1 aromatic heterocycles. The summed E-state index contributed by atoms with van der Waals surface area (Å²) < 4.78 is 19.9.